The van der Waals surface area contributed by atoms with Gasteiger partial charge in [-0.2, -0.15) is 0 Å². The quantitative estimate of drug-likeness (QED) is 0.860. The van der Waals surface area contributed by atoms with Crippen molar-refractivity contribution in [3.8, 4) is 5.75 Å². The molecule has 2 atom stereocenters. The predicted octanol–water partition coefficient (Wildman–Crippen LogP) is 2.22. The standard InChI is InChI=1S/C17H19FN4O2/c18-13-8-20-16(21-9-13)22-6-2-4-17(12-22)7-15(11-23-17)24-14-3-1-5-19-10-14/h1,3,5,8-10,15H,2,4,6-7,11-12H2/t15-,17+/m0/s1. The van der Waals surface area contributed by atoms with Gasteiger partial charge in [-0.1, -0.05) is 0 Å². The molecular formula is C17H19FN4O2. The van der Waals surface area contributed by atoms with Gasteiger partial charge in [0.25, 0.3) is 0 Å². The summed E-state index contributed by atoms with van der Waals surface area (Å²) in [6.45, 7) is 2.11. The van der Waals surface area contributed by atoms with Crippen molar-refractivity contribution < 1.29 is 13.9 Å². The van der Waals surface area contributed by atoms with Gasteiger partial charge in [0.15, 0.2) is 5.82 Å². The molecule has 2 aromatic rings. The van der Waals surface area contributed by atoms with E-state index >= 15 is 0 Å². The molecule has 0 radical (unpaired) electrons. The summed E-state index contributed by atoms with van der Waals surface area (Å²) in [5.74, 6) is 0.890. The van der Waals surface area contributed by atoms with Gasteiger partial charge < -0.3 is 14.4 Å². The number of hydrogen-bond donors (Lipinski definition) is 0. The first-order valence-corrected chi connectivity index (χ1v) is 8.16. The number of aromatic nitrogens is 3. The Kier molecular flexibility index (Phi) is 4.02. The lowest BCUT2D eigenvalue weighted by molar-refractivity contribution is -0.00845. The van der Waals surface area contributed by atoms with Crippen LogP contribution in [0.1, 0.15) is 19.3 Å². The topological polar surface area (TPSA) is 60.4 Å². The fraction of sp³-hybridized carbons (Fsp3) is 0.471. The number of anilines is 1. The second kappa shape index (κ2) is 6.32. The van der Waals surface area contributed by atoms with Crippen LogP contribution in [0.4, 0.5) is 10.3 Å². The smallest absolute Gasteiger partial charge is 0.225 e. The summed E-state index contributed by atoms with van der Waals surface area (Å²) in [5.41, 5.74) is -0.247. The van der Waals surface area contributed by atoms with Crippen LogP contribution in [0.2, 0.25) is 0 Å². The zero-order valence-electron chi connectivity index (χ0n) is 13.3. The Balaban J connectivity index is 1.43. The molecule has 6 nitrogen and oxygen atoms in total. The van der Waals surface area contributed by atoms with E-state index in [0.717, 1.165) is 31.6 Å². The van der Waals surface area contributed by atoms with Crippen LogP contribution in [0.25, 0.3) is 0 Å². The van der Waals surface area contributed by atoms with Gasteiger partial charge in [-0.25, -0.2) is 14.4 Å². The second-order valence-electron chi connectivity index (χ2n) is 6.35. The number of hydrogen-bond acceptors (Lipinski definition) is 6. The molecular weight excluding hydrogens is 311 g/mol. The van der Waals surface area contributed by atoms with Gasteiger partial charge in [0.05, 0.1) is 30.8 Å². The molecule has 2 aliphatic heterocycles. The Morgan fingerprint density at radius 3 is 2.96 bits per heavy atom. The zero-order valence-corrected chi connectivity index (χ0v) is 13.3. The number of ether oxygens (including phenoxy) is 2. The lowest BCUT2D eigenvalue weighted by atomic mass is 9.89. The van der Waals surface area contributed by atoms with Crippen LogP contribution in [0.5, 0.6) is 5.75 Å². The van der Waals surface area contributed by atoms with Gasteiger partial charge in [-0.05, 0) is 25.0 Å². The first-order valence-electron chi connectivity index (χ1n) is 8.16. The third-order valence-corrected chi connectivity index (χ3v) is 4.54. The van der Waals surface area contributed by atoms with Crippen molar-refractivity contribution in [3.05, 3.63) is 42.7 Å². The number of halogens is 1. The summed E-state index contributed by atoms with van der Waals surface area (Å²) in [6, 6.07) is 3.76. The van der Waals surface area contributed by atoms with E-state index in [1.54, 1.807) is 12.4 Å². The number of rotatable bonds is 3. The van der Waals surface area contributed by atoms with Crippen molar-refractivity contribution in [1.29, 1.82) is 0 Å². The van der Waals surface area contributed by atoms with Crippen molar-refractivity contribution >= 4 is 5.95 Å². The van der Waals surface area contributed by atoms with Gasteiger partial charge >= 0.3 is 0 Å². The van der Waals surface area contributed by atoms with E-state index < -0.39 is 5.82 Å². The first-order chi connectivity index (χ1) is 11.7. The molecule has 2 saturated heterocycles. The molecule has 126 valence electrons. The Morgan fingerprint density at radius 1 is 1.29 bits per heavy atom. The van der Waals surface area contributed by atoms with Crippen LogP contribution in [-0.2, 0) is 4.74 Å². The Labute approximate surface area is 139 Å². The molecule has 0 aliphatic carbocycles. The van der Waals surface area contributed by atoms with Crippen LogP contribution in [-0.4, -0.2) is 46.4 Å². The van der Waals surface area contributed by atoms with E-state index in [9.17, 15) is 4.39 Å². The maximum Gasteiger partial charge on any atom is 0.225 e. The number of nitrogens with zero attached hydrogens (tertiary/aromatic N) is 4. The van der Waals surface area contributed by atoms with E-state index in [-0.39, 0.29) is 11.7 Å². The van der Waals surface area contributed by atoms with E-state index in [1.165, 1.54) is 12.4 Å². The molecule has 24 heavy (non-hydrogen) atoms. The van der Waals surface area contributed by atoms with Crippen molar-refractivity contribution in [2.75, 3.05) is 24.6 Å². The largest absolute Gasteiger partial charge is 0.486 e. The summed E-state index contributed by atoms with van der Waals surface area (Å²) >= 11 is 0. The molecule has 1 spiro atoms. The van der Waals surface area contributed by atoms with Crippen LogP contribution in [0, 0.1) is 5.82 Å². The fourth-order valence-corrected chi connectivity index (χ4v) is 3.51. The Hall–Kier alpha value is -2.28. The fourth-order valence-electron chi connectivity index (χ4n) is 3.51. The van der Waals surface area contributed by atoms with Crippen LogP contribution in [0.15, 0.2) is 36.9 Å². The molecule has 4 rings (SSSR count). The molecule has 0 aromatic carbocycles. The Bertz CT molecular complexity index is 685. The minimum Gasteiger partial charge on any atom is -0.486 e. The summed E-state index contributed by atoms with van der Waals surface area (Å²) in [5, 5.41) is 0. The van der Waals surface area contributed by atoms with Gasteiger partial charge in [-0.15, -0.1) is 0 Å². The predicted molar refractivity (Wildman–Crippen MR) is 85.4 cm³/mol. The highest BCUT2D eigenvalue weighted by atomic mass is 19.1. The van der Waals surface area contributed by atoms with Crippen LogP contribution in [0.3, 0.4) is 0 Å². The second-order valence-corrected chi connectivity index (χ2v) is 6.35. The van der Waals surface area contributed by atoms with E-state index in [1.807, 2.05) is 12.1 Å². The molecule has 0 bridgehead atoms. The average Bonchev–Trinajstić information content (AvgIpc) is 2.98. The summed E-state index contributed by atoms with van der Waals surface area (Å²) in [4.78, 5) is 14.3. The van der Waals surface area contributed by atoms with Gasteiger partial charge in [-0.3, -0.25) is 4.98 Å². The summed E-state index contributed by atoms with van der Waals surface area (Å²) in [7, 11) is 0. The van der Waals surface area contributed by atoms with Crippen LogP contribution >= 0.6 is 0 Å². The highest BCUT2D eigenvalue weighted by Gasteiger charge is 2.45. The zero-order chi connectivity index (χ0) is 16.4. The van der Waals surface area contributed by atoms with E-state index in [0.29, 0.717) is 19.1 Å². The number of pyridine rings is 1. The summed E-state index contributed by atoms with van der Waals surface area (Å²) < 4.78 is 25.1. The monoisotopic (exact) mass is 330 g/mol. The summed E-state index contributed by atoms with van der Waals surface area (Å²) in [6.07, 6.45) is 8.65. The molecule has 2 aliphatic rings. The molecule has 0 N–H and O–H groups in total. The maximum absolute atomic E-state index is 13.0. The lowest BCUT2D eigenvalue weighted by Gasteiger charge is -2.39. The molecule has 4 heterocycles. The highest BCUT2D eigenvalue weighted by Crippen LogP contribution is 2.36. The molecule has 0 saturated carbocycles. The van der Waals surface area contributed by atoms with Gasteiger partial charge in [0.1, 0.15) is 11.9 Å². The van der Waals surface area contributed by atoms with E-state index in [4.69, 9.17) is 9.47 Å². The maximum atomic E-state index is 13.0. The minimum atomic E-state index is -0.424. The van der Waals surface area contributed by atoms with Gasteiger partial charge in [0.2, 0.25) is 5.95 Å². The van der Waals surface area contributed by atoms with Crippen molar-refractivity contribution in [2.45, 2.75) is 31.0 Å². The Morgan fingerprint density at radius 2 is 2.17 bits per heavy atom. The van der Waals surface area contributed by atoms with E-state index in [2.05, 4.69) is 19.9 Å². The average molecular weight is 330 g/mol. The van der Waals surface area contributed by atoms with Crippen molar-refractivity contribution in [1.82, 2.24) is 15.0 Å². The molecule has 2 fully saturated rings. The third-order valence-electron chi connectivity index (χ3n) is 4.54. The van der Waals surface area contributed by atoms with Gasteiger partial charge in [0, 0.05) is 25.7 Å². The number of piperidine rings is 1. The minimum absolute atomic E-state index is 0.0169. The molecule has 0 unspecified atom stereocenters. The van der Waals surface area contributed by atoms with Crippen LogP contribution < -0.4 is 9.64 Å². The normalized spacial score (nSPS) is 26.7. The third kappa shape index (κ3) is 3.17. The van der Waals surface area contributed by atoms with Crippen molar-refractivity contribution in [3.63, 3.8) is 0 Å². The molecule has 0 amide bonds. The molecule has 7 heteroatoms. The first kappa shape index (κ1) is 15.3. The lowest BCUT2D eigenvalue weighted by Crippen LogP contribution is -2.48. The highest BCUT2D eigenvalue weighted by molar-refractivity contribution is 5.31. The van der Waals surface area contributed by atoms with Crippen molar-refractivity contribution in [2.24, 2.45) is 0 Å². The SMILES string of the molecule is Fc1cnc(N2CCC[C@@]3(C[C@H](Oc4cccnc4)CO3)C2)nc1. The molecule has 2 aromatic heterocycles.